The molecule has 0 amide bonds. The van der Waals surface area contributed by atoms with Crippen molar-refractivity contribution in [2.75, 3.05) is 6.79 Å². The molecule has 0 radical (unpaired) electrons. The van der Waals surface area contributed by atoms with Gasteiger partial charge in [0.15, 0.2) is 11.5 Å². The second kappa shape index (κ2) is 4.37. The molecule has 3 heteroatoms. The summed E-state index contributed by atoms with van der Waals surface area (Å²) in [4.78, 5) is 0.346. The second-order valence-corrected chi connectivity index (χ2v) is 5.44. The van der Waals surface area contributed by atoms with Crippen LogP contribution in [0.25, 0.3) is 6.08 Å². The smallest absolute Gasteiger partial charge is 0.231 e. The first-order valence-electron chi connectivity index (χ1n) is 6.07. The Morgan fingerprint density at radius 2 is 2.06 bits per heavy atom. The van der Waals surface area contributed by atoms with Crippen molar-refractivity contribution in [3.8, 4) is 11.5 Å². The van der Waals surface area contributed by atoms with Crippen LogP contribution in [0.4, 0.5) is 0 Å². The van der Waals surface area contributed by atoms with Crippen LogP contribution in [0.15, 0.2) is 17.7 Å². The zero-order chi connectivity index (χ0) is 11.8. The van der Waals surface area contributed by atoms with Gasteiger partial charge in [0.05, 0.1) is 4.83 Å². The van der Waals surface area contributed by atoms with Gasteiger partial charge in [-0.1, -0.05) is 40.9 Å². The highest BCUT2D eigenvalue weighted by molar-refractivity contribution is 9.09. The summed E-state index contributed by atoms with van der Waals surface area (Å²) in [5.74, 6) is 1.75. The molecule has 1 aliphatic heterocycles. The number of halogens is 1. The molecule has 0 spiro atoms. The van der Waals surface area contributed by atoms with E-state index in [9.17, 15) is 0 Å². The van der Waals surface area contributed by atoms with Crippen molar-refractivity contribution in [1.82, 2.24) is 0 Å². The van der Waals surface area contributed by atoms with Crippen molar-refractivity contribution in [3.05, 3.63) is 28.8 Å². The topological polar surface area (TPSA) is 18.5 Å². The van der Waals surface area contributed by atoms with Crippen LogP contribution in [0.1, 0.15) is 42.1 Å². The van der Waals surface area contributed by atoms with Crippen molar-refractivity contribution >= 4 is 22.0 Å². The molecule has 1 heterocycles. The average Bonchev–Trinajstić information content (AvgIpc) is 2.89. The normalized spacial score (nSPS) is 20.4. The SMILES string of the molecule is CCCCC1=Cc2cc3c(cc2C1Br)OCO3. The molecule has 1 atom stereocenters. The van der Waals surface area contributed by atoms with Crippen LogP contribution < -0.4 is 9.47 Å². The number of hydrogen-bond acceptors (Lipinski definition) is 2. The number of fused-ring (bicyclic) bond motifs is 2. The Morgan fingerprint density at radius 1 is 1.29 bits per heavy atom. The predicted octanol–water partition coefficient (Wildman–Crippen LogP) is 4.44. The minimum absolute atomic E-state index is 0.345. The fourth-order valence-corrected chi connectivity index (χ4v) is 3.13. The third-order valence-electron chi connectivity index (χ3n) is 3.34. The molecule has 3 rings (SSSR count). The third kappa shape index (κ3) is 1.86. The maximum atomic E-state index is 5.42. The second-order valence-electron chi connectivity index (χ2n) is 4.52. The lowest BCUT2D eigenvalue weighted by Crippen LogP contribution is -1.93. The molecule has 17 heavy (non-hydrogen) atoms. The molecule has 90 valence electrons. The van der Waals surface area contributed by atoms with Gasteiger partial charge in [-0.05, 0) is 36.1 Å². The summed E-state index contributed by atoms with van der Waals surface area (Å²) in [5.41, 5.74) is 4.04. The Labute approximate surface area is 110 Å². The molecule has 1 aliphatic carbocycles. The minimum Gasteiger partial charge on any atom is -0.454 e. The van der Waals surface area contributed by atoms with E-state index >= 15 is 0 Å². The Morgan fingerprint density at radius 3 is 2.82 bits per heavy atom. The number of alkyl halides is 1. The van der Waals surface area contributed by atoms with Gasteiger partial charge in [-0.3, -0.25) is 0 Å². The summed E-state index contributed by atoms with van der Waals surface area (Å²) in [6.45, 7) is 2.57. The van der Waals surface area contributed by atoms with Crippen LogP contribution in [0.2, 0.25) is 0 Å². The number of ether oxygens (including phenoxy) is 2. The van der Waals surface area contributed by atoms with Crippen molar-refractivity contribution in [2.45, 2.75) is 31.0 Å². The standard InChI is InChI=1S/C14H15BrO2/c1-2-3-4-9-5-10-6-12-13(17-8-16-12)7-11(10)14(9)15/h5-7,14H,2-4,8H2,1H3. The molecule has 0 fully saturated rings. The number of unbranched alkanes of at least 4 members (excludes halogenated alkanes) is 1. The summed E-state index contributed by atoms with van der Waals surface area (Å²) < 4.78 is 10.8. The number of benzene rings is 1. The Balaban J connectivity index is 1.92. The fraction of sp³-hybridized carbons (Fsp3) is 0.429. The highest BCUT2D eigenvalue weighted by Gasteiger charge is 2.26. The van der Waals surface area contributed by atoms with Gasteiger partial charge in [0.25, 0.3) is 0 Å². The highest BCUT2D eigenvalue weighted by atomic mass is 79.9. The van der Waals surface area contributed by atoms with E-state index in [1.165, 1.54) is 29.5 Å². The van der Waals surface area contributed by atoms with Gasteiger partial charge in [-0.2, -0.15) is 0 Å². The van der Waals surface area contributed by atoms with Crippen LogP contribution in [0.5, 0.6) is 11.5 Å². The van der Waals surface area contributed by atoms with Gasteiger partial charge in [0, 0.05) is 0 Å². The molecule has 0 bridgehead atoms. The van der Waals surface area contributed by atoms with Crippen LogP contribution in [0, 0.1) is 0 Å². The maximum absolute atomic E-state index is 5.42. The van der Waals surface area contributed by atoms with E-state index in [2.05, 4.69) is 41.1 Å². The van der Waals surface area contributed by atoms with Crippen LogP contribution in [0.3, 0.4) is 0 Å². The van der Waals surface area contributed by atoms with E-state index in [4.69, 9.17) is 9.47 Å². The van der Waals surface area contributed by atoms with Gasteiger partial charge in [-0.25, -0.2) is 0 Å². The average molecular weight is 295 g/mol. The third-order valence-corrected chi connectivity index (χ3v) is 4.42. The molecule has 0 aromatic heterocycles. The summed E-state index contributed by atoms with van der Waals surface area (Å²) in [6.07, 6.45) is 5.92. The quantitative estimate of drug-likeness (QED) is 0.768. The van der Waals surface area contributed by atoms with Crippen LogP contribution >= 0.6 is 15.9 Å². The Hall–Kier alpha value is -0.960. The maximum Gasteiger partial charge on any atom is 0.231 e. The zero-order valence-electron chi connectivity index (χ0n) is 9.83. The monoisotopic (exact) mass is 294 g/mol. The predicted molar refractivity (Wildman–Crippen MR) is 71.7 cm³/mol. The molecule has 1 aromatic rings. The van der Waals surface area contributed by atoms with Crippen molar-refractivity contribution in [3.63, 3.8) is 0 Å². The number of rotatable bonds is 3. The molecule has 0 saturated heterocycles. The molecule has 2 aliphatic rings. The summed E-state index contributed by atoms with van der Waals surface area (Å²) in [6, 6.07) is 4.19. The van der Waals surface area contributed by atoms with Gasteiger partial charge in [0.1, 0.15) is 0 Å². The number of hydrogen-bond donors (Lipinski definition) is 0. The molecule has 1 unspecified atom stereocenters. The minimum atomic E-state index is 0.345. The number of allylic oxidation sites excluding steroid dienone is 1. The summed E-state index contributed by atoms with van der Waals surface area (Å²) >= 11 is 3.78. The highest BCUT2D eigenvalue weighted by Crippen LogP contribution is 2.47. The lowest BCUT2D eigenvalue weighted by atomic mass is 10.1. The van der Waals surface area contributed by atoms with E-state index in [1.54, 1.807) is 0 Å². The van der Waals surface area contributed by atoms with E-state index in [0.717, 1.165) is 17.9 Å². The molecule has 2 nitrogen and oxygen atoms in total. The van der Waals surface area contributed by atoms with Gasteiger partial charge < -0.3 is 9.47 Å². The van der Waals surface area contributed by atoms with Crippen LogP contribution in [-0.4, -0.2) is 6.79 Å². The van der Waals surface area contributed by atoms with E-state index in [1.807, 2.05) is 0 Å². The fourth-order valence-electron chi connectivity index (χ4n) is 2.37. The lowest BCUT2D eigenvalue weighted by molar-refractivity contribution is 0.174. The molecule has 0 N–H and O–H groups in total. The van der Waals surface area contributed by atoms with Gasteiger partial charge in [-0.15, -0.1) is 0 Å². The molecular weight excluding hydrogens is 280 g/mol. The van der Waals surface area contributed by atoms with E-state index in [0.29, 0.717) is 11.6 Å². The van der Waals surface area contributed by atoms with E-state index < -0.39 is 0 Å². The summed E-state index contributed by atoms with van der Waals surface area (Å²) in [7, 11) is 0. The zero-order valence-corrected chi connectivity index (χ0v) is 11.4. The van der Waals surface area contributed by atoms with E-state index in [-0.39, 0.29) is 0 Å². The Bertz CT molecular complexity index is 479. The molecule has 0 saturated carbocycles. The van der Waals surface area contributed by atoms with Gasteiger partial charge >= 0.3 is 0 Å². The molecule has 1 aromatic carbocycles. The first kappa shape index (κ1) is 11.1. The Kier molecular flexibility index (Phi) is 2.87. The van der Waals surface area contributed by atoms with Crippen molar-refractivity contribution in [2.24, 2.45) is 0 Å². The summed E-state index contributed by atoms with van der Waals surface area (Å²) in [5, 5.41) is 0. The van der Waals surface area contributed by atoms with Crippen molar-refractivity contribution < 1.29 is 9.47 Å². The lowest BCUT2D eigenvalue weighted by Gasteiger charge is -2.09. The molecular formula is C14H15BrO2. The largest absolute Gasteiger partial charge is 0.454 e. The van der Waals surface area contributed by atoms with Crippen molar-refractivity contribution in [1.29, 1.82) is 0 Å². The van der Waals surface area contributed by atoms with Crippen LogP contribution in [-0.2, 0) is 0 Å². The van der Waals surface area contributed by atoms with Gasteiger partial charge in [0.2, 0.25) is 6.79 Å². The first-order chi connectivity index (χ1) is 8.29. The first-order valence-corrected chi connectivity index (χ1v) is 6.99.